The molecule has 1 aromatic heterocycles. The topological polar surface area (TPSA) is 72.7 Å². The Kier molecular flexibility index (Phi) is 4.70. The molecular formula is C11H11Cl2N5O. The van der Waals surface area contributed by atoms with Crippen molar-refractivity contribution in [2.24, 2.45) is 0 Å². The number of carbonyl (C=O) groups is 1. The van der Waals surface area contributed by atoms with Crippen LogP contribution in [0.3, 0.4) is 0 Å². The van der Waals surface area contributed by atoms with E-state index < -0.39 is 0 Å². The highest BCUT2D eigenvalue weighted by atomic mass is 35.5. The molecule has 8 heteroatoms. The fourth-order valence-electron chi connectivity index (χ4n) is 1.53. The van der Waals surface area contributed by atoms with E-state index in [0.717, 1.165) is 5.56 Å². The molecule has 2 rings (SSSR count). The fraction of sp³-hybridized carbons (Fsp3) is 0.273. The van der Waals surface area contributed by atoms with Gasteiger partial charge in [-0.2, -0.15) is 0 Å². The summed E-state index contributed by atoms with van der Waals surface area (Å²) in [6, 6.07) is 5.43. The van der Waals surface area contributed by atoms with Gasteiger partial charge >= 0.3 is 0 Å². The van der Waals surface area contributed by atoms with Gasteiger partial charge in [0.1, 0.15) is 12.9 Å². The highest BCUT2D eigenvalue weighted by Gasteiger charge is 2.06. The van der Waals surface area contributed by atoms with Crippen LogP contribution in [-0.4, -0.2) is 32.7 Å². The van der Waals surface area contributed by atoms with E-state index in [2.05, 4.69) is 20.8 Å². The van der Waals surface area contributed by atoms with Gasteiger partial charge in [-0.15, -0.1) is 5.10 Å². The largest absolute Gasteiger partial charge is 0.354 e. The molecular weight excluding hydrogens is 289 g/mol. The van der Waals surface area contributed by atoms with Crippen LogP contribution < -0.4 is 5.32 Å². The molecule has 0 saturated heterocycles. The first-order valence-electron chi connectivity index (χ1n) is 5.57. The number of benzene rings is 1. The molecule has 0 aliphatic rings. The lowest BCUT2D eigenvalue weighted by Gasteiger charge is -2.07. The summed E-state index contributed by atoms with van der Waals surface area (Å²) in [5.74, 6) is -0.162. The third kappa shape index (κ3) is 3.90. The van der Waals surface area contributed by atoms with Crippen molar-refractivity contribution in [1.82, 2.24) is 25.5 Å². The van der Waals surface area contributed by atoms with Crippen molar-refractivity contribution < 1.29 is 4.79 Å². The van der Waals surface area contributed by atoms with Gasteiger partial charge in [-0.05, 0) is 28.5 Å². The summed E-state index contributed by atoms with van der Waals surface area (Å²) in [6.07, 6.45) is 1.99. The van der Waals surface area contributed by atoms with Crippen molar-refractivity contribution in [1.29, 1.82) is 0 Å². The molecule has 0 bridgehead atoms. The van der Waals surface area contributed by atoms with Crippen LogP contribution in [0, 0.1) is 0 Å². The van der Waals surface area contributed by atoms with E-state index in [1.165, 1.54) is 11.0 Å². The minimum atomic E-state index is -0.162. The Bertz CT molecular complexity index is 558. The van der Waals surface area contributed by atoms with Crippen LogP contribution in [-0.2, 0) is 17.8 Å². The molecule has 0 unspecified atom stereocenters. The Balaban J connectivity index is 1.80. The minimum absolute atomic E-state index is 0.0935. The standard InChI is InChI=1S/C11H11Cl2N5O/c12-9-3-1-2-8(11(9)13)4-5-14-10(19)6-18-7-15-16-17-18/h1-3,7H,4-6H2,(H,14,19). The Hall–Kier alpha value is -1.66. The van der Waals surface area contributed by atoms with Gasteiger partial charge in [-0.25, -0.2) is 4.68 Å². The second kappa shape index (κ2) is 6.49. The summed E-state index contributed by atoms with van der Waals surface area (Å²) >= 11 is 12.0. The van der Waals surface area contributed by atoms with Crippen LogP contribution in [0.25, 0.3) is 0 Å². The number of nitrogens with zero attached hydrogens (tertiary/aromatic N) is 4. The predicted octanol–water partition coefficient (Wildman–Crippen LogP) is 1.34. The monoisotopic (exact) mass is 299 g/mol. The van der Waals surface area contributed by atoms with Crippen LogP contribution in [0.2, 0.25) is 10.0 Å². The van der Waals surface area contributed by atoms with Crippen molar-refractivity contribution in [3.05, 3.63) is 40.1 Å². The minimum Gasteiger partial charge on any atom is -0.354 e. The maximum absolute atomic E-state index is 11.6. The van der Waals surface area contributed by atoms with Crippen LogP contribution in [0.15, 0.2) is 24.5 Å². The predicted molar refractivity (Wildman–Crippen MR) is 71.0 cm³/mol. The molecule has 2 aromatic rings. The van der Waals surface area contributed by atoms with E-state index in [0.29, 0.717) is 23.0 Å². The van der Waals surface area contributed by atoms with Gasteiger partial charge in [0.25, 0.3) is 0 Å². The lowest BCUT2D eigenvalue weighted by molar-refractivity contribution is -0.121. The zero-order valence-corrected chi connectivity index (χ0v) is 11.4. The van der Waals surface area contributed by atoms with Gasteiger partial charge in [0.15, 0.2) is 0 Å². The Morgan fingerprint density at radius 3 is 2.95 bits per heavy atom. The van der Waals surface area contributed by atoms with Gasteiger partial charge in [0.2, 0.25) is 5.91 Å². The smallest absolute Gasteiger partial charge is 0.241 e. The lowest BCUT2D eigenvalue weighted by Crippen LogP contribution is -2.29. The molecule has 0 spiro atoms. The number of rotatable bonds is 5. The highest BCUT2D eigenvalue weighted by molar-refractivity contribution is 6.42. The maximum atomic E-state index is 11.6. The number of aromatic nitrogens is 4. The fourth-order valence-corrected chi connectivity index (χ4v) is 1.95. The summed E-state index contributed by atoms with van der Waals surface area (Å²) in [4.78, 5) is 11.6. The SMILES string of the molecule is O=C(Cn1cnnn1)NCCc1cccc(Cl)c1Cl. The molecule has 0 aliphatic heterocycles. The third-order valence-corrected chi connectivity index (χ3v) is 3.30. The van der Waals surface area contributed by atoms with E-state index >= 15 is 0 Å². The Morgan fingerprint density at radius 2 is 2.21 bits per heavy atom. The number of nitrogens with one attached hydrogen (secondary N) is 1. The van der Waals surface area contributed by atoms with Crippen LogP contribution in [0.5, 0.6) is 0 Å². The van der Waals surface area contributed by atoms with E-state index in [1.54, 1.807) is 6.07 Å². The molecule has 6 nitrogen and oxygen atoms in total. The van der Waals surface area contributed by atoms with E-state index in [-0.39, 0.29) is 12.5 Å². The number of tetrazole rings is 1. The molecule has 0 aliphatic carbocycles. The van der Waals surface area contributed by atoms with Crippen molar-refractivity contribution in [3.8, 4) is 0 Å². The number of hydrogen-bond donors (Lipinski definition) is 1. The lowest BCUT2D eigenvalue weighted by atomic mass is 10.1. The van der Waals surface area contributed by atoms with Gasteiger partial charge in [0, 0.05) is 6.54 Å². The number of carbonyl (C=O) groups excluding carboxylic acids is 1. The van der Waals surface area contributed by atoms with Crippen LogP contribution >= 0.6 is 23.2 Å². The van der Waals surface area contributed by atoms with Crippen LogP contribution in [0.4, 0.5) is 0 Å². The summed E-state index contributed by atoms with van der Waals surface area (Å²) < 4.78 is 1.35. The second-order valence-electron chi connectivity index (χ2n) is 3.82. The highest BCUT2D eigenvalue weighted by Crippen LogP contribution is 2.25. The third-order valence-electron chi connectivity index (χ3n) is 2.45. The summed E-state index contributed by atoms with van der Waals surface area (Å²) in [7, 11) is 0. The van der Waals surface area contributed by atoms with Gasteiger partial charge in [-0.3, -0.25) is 4.79 Å². The zero-order chi connectivity index (χ0) is 13.7. The van der Waals surface area contributed by atoms with Gasteiger partial charge in [0.05, 0.1) is 10.0 Å². The van der Waals surface area contributed by atoms with E-state index in [4.69, 9.17) is 23.2 Å². The molecule has 1 N–H and O–H groups in total. The van der Waals surface area contributed by atoms with Gasteiger partial charge in [-0.1, -0.05) is 35.3 Å². The van der Waals surface area contributed by atoms with Crippen molar-refractivity contribution in [3.63, 3.8) is 0 Å². The average Bonchev–Trinajstić information content (AvgIpc) is 2.87. The first-order valence-corrected chi connectivity index (χ1v) is 6.33. The van der Waals surface area contributed by atoms with E-state index in [9.17, 15) is 4.79 Å². The normalized spacial score (nSPS) is 10.4. The Morgan fingerprint density at radius 1 is 1.37 bits per heavy atom. The Labute approximate surface area is 119 Å². The molecule has 0 radical (unpaired) electrons. The zero-order valence-electron chi connectivity index (χ0n) is 9.88. The molecule has 1 amide bonds. The quantitative estimate of drug-likeness (QED) is 0.904. The maximum Gasteiger partial charge on any atom is 0.241 e. The second-order valence-corrected chi connectivity index (χ2v) is 4.61. The summed E-state index contributed by atoms with van der Waals surface area (Å²) in [5.41, 5.74) is 0.900. The number of halogens is 2. The van der Waals surface area contributed by atoms with Crippen molar-refractivity contribution in [2.45, 2.75) is 13.0 Å². The molecule has 19 heavy (non-hydrogen) atoms. The first kappa shape index (κ1) is 13.8. The van der Waals surface area contributed by atoms with Crippen molar-refractivity contribution in [2.75, 3.05) is 6.54 Å². The molecule has 0 fully saturated rings. The van der Waals surface area contributed by atoms with Crippen LogP contribution in [0.1, 0.15) is 5.56 Å². The average molecular weight is 300 g/mol. The molecule has 0 atom stereocenters. The summed E-state index contributed by atoms with van der Waals surface area (Å²) in [5, 5.41) is 14.3. The summed E-state index contributed by atoms with van der Waals surface area (Å²) in [6.45, 7) is 0.567. The molecule has 100 valence electrons. The molecule has 1 aromatic carbocycles. The first-order chi connectivity index (χ1) is 9.16. The van der Waals surface area contributed by atoms with Crippen molar-refractivity contribution >= 4 is 29.1 Å². The molecule has 1 heterocycles. The van der Waals surface area contributed by atoms with E-state index in [1.807, 2.05) is 12.1 Å². The number of amides is 1. The van der Waals surface area contributed by atoms with Gasteiger partial charge < -0.3 is 5.32 Å². The molecule has 0 saturated carbocycles. The number of hydrogen-bond acceptors (Lipinski definition) is 4.